The molecule has 38 heavy (non-hydrogen) atoms. The van der Waals surface area contributed by atoms with E-state index in [2.05, 4.69) is 54.6 Å². The van der Waals surface area contributed by atoms with E-state index in [9.17, 15) is 4.79 Å². The van der Waals surface area contributed by atoms with Crippen LogP contribution in [-0.2, 0) is 11.2 Å². The van der Waals surface area contributed by atoms with Crippen molar-refractivity contribution in [1.82, 2.24) is 5.01 Å². The average Bonchev–Trinajstić information content (AvgIpc) is 3.25. The summed E-state index contributed by atoms with van der Waals surface area (Å²) in [5, 5.41) is 6.97. The summed E-state index contributed by atoms with van der Waals surface area (Å²) < 4.78 is 11.9. The van der Waals surface area contributed by atoms with Crippen LogP contribution in [0.5, 0.6) is 11.5 Å². The number of benzene rings is 2. The van der Waals surface area contributed by atoms with Crippen molar-refractivity contribution in [3.8, 4) is 11.5 Å². The number of aryl methyl sites for hydroxylation is 1. The number of hydrogen-bond acceptors (Lipinski definition) is 4. The molecule has 5 heteroatoms. The molecule has 2 aromatic rings. The monoisotopic (exact) mass is 514 g/mol. The van der Waals surface area contributed by atoms with E-state index in [1.807, 2.05) is 11.1 Å². The number of methoxy groups -OCH3 is 1. The van der Waals surface area contributed by atoms with E-state index < -0.39 is 0 Å². The minimum atomic E-state index is -0.0214. The molecule has 202 valence electrons. The van der Waals surface area contributed by atoms with Gasteiger partial charge in [-0.2, -0.15) is 5.10 Å². The van der Waals surface area contributed by atoms with Crippen molar-refractivity contribution in [2.24, 2.45) is 16.9 Å². The van der Waals surface area contributed by atoms with E-state index in [1.165, 1.54) is 31.2 Å². The maximum Gasteiger partial charge on any atom is 0.247 e. The van der Waals surface area contributed by atoms with Crippen LogP contribution in [0, 0.1) is 11.8 Å². The lowest BCUT2D eigenvalue weighted by molar-refractivity contribution is -0.140. The molecule has 5 nitrogen and oxygen atoms in total. The van der Waals surface area contributed by atoms with E-state index in [-0.39, 0.29) is 23.8 Å². The zero-order valence-electron chi connectivity index (χ0n) is 22.8. The summed E-state index contributed by atoms with van der Waals surface area (Å²) in [5.74, 6) is 1.82. The van der Waals surface area contributed by atoms with E-state index in [0.29, 0.717) is 6.61 Å². The maximum absolute atomic E-state index is 13.6. The van der Waals surface area contributed by atoms with Crippen molar-refractivity contribution in [2.75, 3.05) is 13.7 Å². The molecule has 1 amide bonds. The minimum Gasteiger partial charge on any atom is -0.493 e. The first-order chi connectivity index (χ1) is 18.7. The summed E-state index contributed by atoms with van der Waals surface area (Å²) in [5.41, 5.74) is 3.46. The van der Waals surface area contributed by atoms with Gasteiger partial charge in [-0.25, -0.2) is 5.01 Å². The molecule has 0 bridgehead atoms. The number of allylic oxidation sites excluding steroid dienone is 2. The molecule has 0 unspecified atom stereocenters. The van der Waals surface area contributed by atoms with Crippen molar-refractivity contribution in [3.05, 3.63) is 71.8 Å². The second-order valence-electron chi connectivity index (χ2n) is 11.0. The van der Waals surface area contributed by atoms with Crippen LogP contribution in [0.2, 0.25) is 0 Å². The standard InChI is InChI=1S/C33H42N2O3/c1-37-30-22-21-26(24-31(30)38-23-13-5-8-16-25-14-6-4-7-15-25)32-28-19-11-12-20-29(28)33(36)35(34-32)27-17-9-2-3-10-18-27/h4,6-7,11-12,14-15,21-22,24,27-29H,2-3,5,8-10,13,16-20,23H2,1H3/t28-,29+/m1/s1. The Bertz CT molecular complexity index is 1120. The maximum atomic E-state index is 13.6. The van der Waals surface area contributed by atoms with Gasteiger partial charge in [0.05, 0.1) is 31.4 Å². The van der Waals surface area contributed by atoms with Gasteiger partial charge in [-0.3, -0.25) is 4.79 Å². The van der Waals surface area contributed by atoms with Gasteiger partial charge >= 0.3 is 0 Å². The molecule has 1 aliphatic heterocycles. The molecule has 1 saturated carbocycles. The molecule has 0 saturated heterocycles. The van der Waals surface area contributed by atoms with Gasteiger partial charge in [0, 0.05) is 11.5 Å². The lowest BCUT2D eigenvalue weighted by atomic mass is 9.76. The van der Waals surface area contributed by atoms with Gasteiger partial charge in [-0.1, -0.05) is 68.2 Å². The number of nitrogens with zero attached hydrogens (tertiary/aromatic N) is 2. The molecular formula is C33H42N2O3. The van der Waals surface area contributed by atoms with Gasteiger partial charge < -0.3 is 9.47 Å². The minimum absolute atomic E-state index is 0.0214. The first kappa shape index (κ1) is 26.5. The summed E-state index contributed by atoms with van der Waals surface area (Å²) in [7, 11) is 1.69. The van der Waals surface area contributed by atoms with Gasteiger partial charge in [-0.15, -0.1) is 0 Å². The Labute approximate surface area is 227 Å². The number of ether oxygens (including phenoxy) is 2. The van der Waals surface area contributed by atoms with Crippen molar-refractivity contribution >= 4 is 11.6 Å². The molecule has 3 aliphatic rings. The number of rotatable bonds is 10. The third kappa shape index (κ3) is 6.31. The summed E-state index contributed by atoms with van der Waals surface area (Å²) in [6, 6.07) is 17.0. The fourth-order valence-electron chi connectivity index (χ4n) is 6.22. The van der Waals surface area contributed by atoms with Crippen molar-refractivity contribution in [1.29, 1.82) is 0 Å². The number of unbranched alkanes of at least 4 members (excludes halogenated alkanes) is 2. The fraction of sp³-hybridized carbons (Fsp3) is 0.515. The quantitative estimate of drug-likeness (QED) is 0.189. The molecule has 1 fully saturated rings. The van der Waals surface area contributed by atoms with E-state index in [4.69, 9.17) is 14.6 Å². The number of fused-ring (bicyclic) bond motifs is 1. The largest absolute Gasteiger partial charge is 0.493 e. The molecule has 0 N–H and O–H groups in total. The number of carbonyl (C=O) groups excluding carboxylic acids is 1. The van der Waals surface area contributed by atoms with Gasteiger partial charge in [-0.05, 0) is 75.1 Å². The lowest BCUT2D eigenvalue weighted by Crippen LogP contribution is -2.49. The summed E-state index contributed by atoms with van der Waals surface area (Å²) in [6.45, 7) is 0.655. The Kier molecular flexibility index (Phi) is 9.16. The zero-order valence-corrected chi connectivity index (χ0v) is 22.8. The van der Waals surface area contributed by atoms with E-state index in [0.717, 1.165) is 74.1 Å². The highest BCUT2D eigenvalue weighted by molar-refractivity contribution is 6.07. The Balaban J connectivity index is 1.30. The Morgan fingerprint density at radius 3 is 2.39 bits per heavy atom. The Hall–Kier alpha value is -3.08. The number of hydrogen-bond donors (Lipinski definition) is 0. The predicted molar refractivity (Wildman–Crippen MR) is 153 cm³/mol. The van der Waals surface area contributed by atoms with Crippen molar-refractivity contribution < 1.29 is 14.3 Å². The van der Waals surface area contributed by atoms with E-state index >= 15 is 0 Å². The Morgan fingerprint density at radius 1 is 0.868 bits per heavy atom. The highest BCUT2D eigenvalue weighted by Crippen LogP contribution is 2.39. The van der Waals surface area contributed by atoms with E-state index in [1.54, 1.807) is 7.11 Å². The highest BCUT2D eigenvalue weighted by atomic mass is 16.5. The third-order valence-electron chi connectivity index (χ3n) is 8.38. The normalized spacial score (nSPS) is 22.0. The van der Waals surface area contributed by atoms with Gasteiger partial charge in [0.15, 0.2) is 11.5 Å². The van der Waals surface area contributed by atoms with Crippen LogP contribution in [0.4, 0.5) is 0 Å². The smallest absolute Gasteiger partial charge is 0.247 e. The summed E-state index contributed by atoms with van der Waals surface area (Å²) in [6.07, 6.45) is 17.4. The molecule has 0 aromatic heterocycles. The highest BCUT2D eigenvalue weighted by Gasteiger charge is 2.42. The van der Waals surface area contributed by atoms with Crippen LogP contribution in [0.25, 0.3) is 0 Å². The lowest BCUT2D eigenvalue weighted by Gasteiger charge is -2.40. The molecular weight excluding hydrogens is 472 g/mol. The molecule has 5 rings (SSSR count). The predicted octanol–water partition coefficient (Wildman–Crippen LogP) is 7.34. The molecule has 2 atom stereocenters. The third-order valence-corrected chi connectivity index (χ3v) is 8.38. The first-order valence-electron chi connectivity index (χ1n) is 14.7. The van der Waals surface area contributed by atoms with Crippen LogP contribution in [0.1, 0.15) is 81.8 Å². The molecule has 2 aliphatic carbocycles. The Morgan fingerprint density at radius 2 is 1.63 bits per heavy atom. The van der Waals surface area contributed by atoms with Gasteiger partial charge in [0.25, 0.3) is 0 Å². The van der Waals surface area contributed by atoms with Crippen LogP contribution >= 0.6 is 0 Å². The van der Waals surface area contributed by atoms with Gasteiger partial charge in [0.2, 0.25) is 5.91 Å². The van der Waals surface area contributed by atoms with Crippen molar-refractivity contribution in [3.63, 3.8) is 0 Å². The van der Waals surface area contributed by atoms with Crippen LogP contribution < -0.4 is 9.47 Å². The zero-order chi connectivity index (χ0) is 26.2. The summed E-state index contributed by atoms with van der Waals surface area (Å²) in [4.78, 5) is 13.6. The van der Waals surface area contributed by atoms with Crippen molar-refractivity contribution in [2.45, 2.75) is 83.1 Å². The second-order valence-corrected chi connectivity index (χ2v) is 11.0. The topological polar surface area (TPSA) is 51.1 Å². The van der Waals surface area contributed by atoms with Crippen LogP contribution in [0.15, 0.2) is 65.8 Å². The number of amides is 1. The molecule has 1 heterocycles. The van der Waals surface area contributed by atoms with Crippen LogP contribution in [0.3, 0.4) is 0 Å². The molecule has 0 radical (unpaired) electrons. The first-order valence-corrected chi connectivity index (χ1v) is 14.7. The number of hydrazone groups is 1. The van der Waals surface area contributed by atoms with Gasteiger partial charge in [0.1, 0.15) is 0 Å². The number of carbonyl (C=O) groups is 1. The molecule has 0 spiro atoms. The average molecular weight is 515 g/mol. The fourth-order valence-corrected chi connectivity index (χ4v) is 6.22. The SMILES string of the molecule is COc1ccc(C2=NN(C3CCCCCC3)C(=O)[C@H]3CC=CC[C@@H]23)cc1OCCCCCc1ccccc1. The second kappa shape index (κ2) is 13.1. The summed E-state index contributed by atoms with van der Waals surface area (Å²) >= 11 is 0. The molecule has 2 aromatic carbocycles. The van der Waals surface area contributed by atoms with Crippen LogP contribution in [-0.4, -0.2) is 36.4 Å².